The van der Waals surface area contributed by atoms with Crippen LogP contribution < -0.4 is 0 Å². The van der Waals surface area contributed by atoms with Crippen LogP contribution in [0.5, 0.6) is 0 Å². The van der Waals surface area contributed by atoms with E-state index >= 15 is 0 Å². The van der Waals surface area contributed by atoms with Gasteiger partial charge in [0.05, 0.1) is 0 Å². The van der Waals surface area contributed by atoms with Crippen LogP contribution in [0.2, 0.25) is 0 Å². The van der Waals surface area contributed by atoms with Gasteiger partial charge in [-0.2, -0.15) is 0 Å². The Morgan fingerprint density at radius 3 is 2.77 bits per heavy atom. The molecule has 2 aliphatic rings. The quantitative estimate of drug-likeness (QED) is 0.661. The Labute approximate surface area is 81.5 Å². The first-order valence-electron chi connectivity index (χ1n) is 5.92. The van der Waals surface area contributed by atoms with Gasteiger partial charge in [0.15, 0.2) is 0 Å². The van der Waals surface area contributed by atoms with Crippen molar-refractivity contribution in [2.24, 2.45) is 23.7 Å². The summed E-state index contributed by atoms with van der Waals surface area (Å²) in [6.45, 7) is 2.85. The molecule has 0 aromatic carbocycles. The maximum Gasteiger partial charge on any atom is 0.0459 e. The predicted molar refractivity (Wildman–Crippen MR) is 54.4 cm³/mol. The van der Waals surface area contributed by atoms with E-state index in [1.807, 2.05) is 0 Å². The average molecular weight is 182 g/mol. The first kappa shape index (κ1) is 9.51. The Hall–Kier alpha value is -0.0400. The third-order valence-corrected chi connectivity index (χ3v) is 4.37. The van der Waals surface area contributed by atoms with Gasteiger partial charge in [-0.15, -0.1) is 0 Å². The van der Waals surface area contributed by atoms with Gasteiger partial charge in [-0.3, -0.25) is 0 Å². The second kappa shape index (κ2) is 4.00. The highest BCUT2D eigenvalue weighted by atomic mass is 16.3. The van der Waals surface area contributed by atoms with E-state index in [2.05, 4.69) is 6.92 Å². The lowest BCUT2D eigenvalue weighted by molar-refractivity contribution is 0.0605. The summed E-state index contributed by atoms with van der Waals surface area (Å²) in [5, 5.41) is 9.15. The van der Waals surface area contributed by atoms with Crippen molar-refractivity contribution in [3.8, 4) is 0 Å². The van der Waals surface area contributed by atoms with Crippen molar-refractivity contribution in [2.75, 3.05) is 6.61 Å². The fourth-order valence-electron chi connectivity index (χ4n) is 3.55. The molecule has 4 atom stereocenters. The minimum absolute atomic E-state index is 0.428. The maximum atomic E-state index is 9.15. The fraction of sp³-hybridized carbons (Fsp3) is 1.00. The second-order valence-corrected chi connectivity index (χ2v) is 5.19. The first-order chi connectivity index (χ1) is 6.31. The molecule has 0 aromatic heterocycles. The molecule has 0 heterocycles. The van der Waals surface area contributed by atoms with Gasteiger partial charge in [-0.1, -0.05) is 26.2 Å². The Kier molecular flexibility index (Phi) is 2.92. The highest BCUT2D eigenvalue weighted by molar-refractivity contribution is 4.86. The molecular weight excluding hydrogens is 160 g/mol. The maximum absolute atomic E-state index is 9.15. The van der Waals surface area contributed by atoms with Crippen LogP contribution >= 0.6 is 0 Å². The van der Waals surface area contributed by atoms with Crippen LogP contribution in [-0.2, 0) is 0 Å². The summed E-state index contributed by atoms with van der Waals surface area (Å²) in [5.74, 6) is 3.54. The minimum atomic E-state index is 0.428. The van der Waals surface area contributed by atoms with E-state index in [4.69, 9.17) is 5.11 Å². The number of fused-ring (bicyclic) bond motifs is 1. The summed E-state index contributed by atoms with van der Waals surface area (Å²) in [7, 11) is 0. The van der Waals surface area contributed by atoms with Gasteiger partial charge in [0.2, 0.25) is 0 Å². The van der Waals surface area contributed by atoms with Gasteiger partial charge >= 0.3 is 0 Å². The molecule has 0 aromatic rings. The third kappa shape index (κ3) is 1.90. The van der Waals surface area contributed by atoms with Crippen molar-refractivity contribution < 1.29 is 5.11 Å². The van der Waals surface area contributed by atoms with Gasteiger partial charge in [0.1, 0.15) is 0 Å². The standard InChI is InChI=1S/C12H22O/c1-9-3-2-4-11-7-10(8-13)5-6-12(9)11/h9-13H,2-8H2,1H3. The molecule has 2 fully saturated rings. The molecule has 76 valence electrons. The van der Waals surface area contributed by atoms with Crippen molar-refractivity contribution in [3.63, 3.8) is 0 Å². The van der Waals surface area contributed by atoms with Crippen molar-refractivity contribution in [2.45, 2.75) is 45.4 Å². The highest BCUT2D eigenvalue weighted by Crippen LogP contribution is 2.45. The zero-order valence-electron chi connectivity index (χ0n) is 8.71. The molecule has 0 aliphatic heterocycles. The monoisotopic (exact) mass is 182 g/mol. The summed E-state index contributed by atoms with van der Waals surface area (Å²) >= 11 is 0. The van der Waals surface area contributed by atoms with E-state index in [1.54, 1.807) is 0 Å². The van der Waals surface area contributed by atoms with Crippen LogP contribution in [0.15, 0.2) is 0 Å². The molecule has 4 unspecified atom stereocenters. The third-order valence-electron chi connectivity index (χ3n) is 4.37. The van der Waals surface area contributed by atoms with Gasteiger partial charge in [0, 0.05) is 6.61 Å². The molecule has 2 aliphatic carbocycles. The summed E-state index contributed by atoms with van der Waals surface area (Å²) in [6.07, 6.45) is 8.29. The van der Waals surface area contributed by atoms with Crippen LogP contribution in [-0.4, -0.2) is 11.7 Å². The smallest absolute Gasteiger partial charge is 0.0459 e. The molecule has 1 nitrogen and oxygen atoms in total. The van der Waals surface area contributed by atoms with E-state index in [1.165, 1.54) is 38.5 Å². The SMILES string of the molecule is CC1CCCC2CC(CO)CCC12. The van der Waals surface area contributed by atoms with Crippen LogP contribution in [0, 0.1) is 23.7 Å². The molecule has 0 amide bonds. The lowest BCUT2D eigenvalue weighted by Gasteiger charge is -2.42. The summed E-state index contributed by atoms with van der Waals surface area (Å²) in [6, 6.07) is 0. The Bertz CT molecular complexity index is 167. The molecule has 1 N–H and O–H groups in total. The van der Waals surface area contributed by atoms with E-state index in [0.29, 0.717) is 12.5 Å². The Morgan fingerprint density at radius 1 is 1.15 bits per heavy atom. The van der Waals surface area contributed by atoms with Crippen molar-refractivity contribution in [1.29, 1.82) is 0 Å². The van der Waals surface area contributed by atoms with Gasteiger partial charge in [-0.05, 0) is 42.9 Å². The highest BCUT2D eigenvalue weighted by Gasteiger charge is 2.35. The van der Waals surface area contributed by atoms with Crippen molar-refractivity contribution in [3.05, 3.63) is 0 Å². The number of aliphatic hydroxyl groups is 1. The number of hydrogen-bond donors (Lipinski definition) is 1. The van der Waals surface area contributed by atoms with Gasteiger partial charge in [0.25, 0.3) is 0 Å². The average Bonchev–Trinajstić information content (AvgIpc) is 2.18. The van der Waals surface area contributed by atoms with Gasteiger partial charge < -0.3 is 5.11 Å². The van der Waals surface area contributed by atoms with Gasteiger partial charge in [-0.25, -0.2) is 0 Å². The molecular formula is C12H22O. The molecule has 2 saturated carbocycles. The zero-order valence-corrected chi connectivity index (χ0v) is 8.71. The number of hydrogen-bond acceptors (Lipinski definition) is 1. The fourth-order valence-corrected chi connectivity index (χ4v) is 3.55. The first-order valence-corrected chi connectivity index (χ1v) is 5.92. The van der Waals surface area contributed by atoms with E-state index in [-0.39, 0.29) is 0 Å². The summed E-state index contributed by atoms with van der Waals surface area (Å²) in [5.41, 5.74) is 0. The van der Waals surface area contributed by atoms with E-state index in [9.17, 15) is 0 Å². The molecule has 0 spiro atoms. The largest absolute Gasteiger partial charge is 0.396 e. The molecule has 2 rings (SSSR count). The molecule has 1 heteroatoms. The molecule has 0 bridgehead atoms. The molecule has 13 heavy (non-hydrogen) atoms. The minimum Gasteiger partial charge on any atom is -0.396 e. The number of rotatable bonds is 1. The topological polar surface area (TPSA) is 20.2 Å². The van der Waals surface area contributed by atoms with Crippen molar-refractivity contribution in [1.82, 2.24) is 0 Å². The van der Waals surface area contributed by atoms with E-state index < -0.39 is 0 Å². The lowest BCUT2D eigenvalue weighted by atomic mass is 9.64. The zero-order chi connectivity index (χ0) is 9.26. The van der Waals surface area contributed by atoms with Crippen LogP contribution in [0.1, 0.15) is 45.4 Å². The molecule has 0 saturated heterocycles. The Morgan fingerprint density at radius 2 is 2.00 bits per heavy atom. The molecule has 0 radical (unpaired) electrons. The van der Waals surface area contributed by atoms with Crippen LogP contribution in [0.3, 0.4) is 0 Å². The van der Waals surface area contributed by atoms with Crippen molar-refractivity contribution >= 4 is 0 Å². The lowest BCUT2D eigenvalue weighted by Crippen LogP contribution is -2.33. The number of aliphatic hydroxyl groups excluding tert-OH is 1. The van der Waals surface area contributed by atoms with E-state index in [0.717, 1.165) is 17.8 Å². The van der Waals surface area contributed by atoms with Crippen LogP contribution in [0.4, 0.5) is 0 Å². The second-order valence-electron chi connectivity index (χ2n) is 5.19. The predicted octanol–water partition coefficient (Wildman–Crippen LogP) is 2.83. The summed E-state index contributed by atoms with van der Waals surface area (Å²) < 4.78 is 0. The Balaban J connectivity index is 1.95. The summed E-state index contributed by atoms with van der Waals surface area (Å²) in [4.78, 5) is 0. The van der Waals surface area contributed by atoms with Crippen LogP contribution in [0.25, 0.3) is 0 Å². The normalized spacial score (nSPS) is 45.7.